The third-order valence-electron chi connectivity index (χ3n) is 5.40. The lowest BCUT2D eigenvalue weighted by atomic mass is 9.98. The van der Waals surface area contributed by atoms with E-state index < -0.39 is 36.0 Å². The molecule has 36 heavy (non-hydrogen) atoms. The van der Waals surface area contributed by atoms with Crippen LogP contribution in [0.5, 0.6) is 11.5 Å². The lowest BCUT2D eigenvalue weighted by Gasteiger charge is -2.29. The SMILES string of the molecule is C=C(CCn1cc(-c2ccc(OC(F)(F)F)c(F)c2)cn1)NC(=O)[C@@H]1C[C@@H](O)c2cc(Cl)ccc2O1. The number of carbonyl (C=O) groups is 1. The average Bonchev–Trinajstić information content (AvgIpc) is 3.27. The molecule has 1 aliphatic rings. The molecule has 12 heteroatoms. The fourth-order valence-corrected chi connectivity index (χ4v) is 3.85. The number of ether oxygens (including phenoxy) is 2. The molecule has 2 N–H and O–H groups in total. The average molecular weight is 526 g/mol. The van der Waals surface area contributed by atoms with E-state index in [1.54, 1.807) is 24.4 Å². The Balaban J connectivity index is 1.31. The maximum atomic E-state index is 14.0. The molecule has 0 unspecified atom stereocenters. The number of nitrogens with zero attached hydrogens (tertiary/aromatic N) is 2. The van der Waals surface area contributed by atoms with Crippen molar-refractivity contribution in [3.05, 3.63) is 77.5 Å². The monoisotopic (exact) mass is 525 g/mol. The first-order chi connectivity index (χ1) is 17.0. The number of rotatable bonds is 7. The summed E-state index contributed by atoms with van der Waals surface area (Å²) < 4.78 is 61.8. The first-order valence-electron chi connectivity index (χ1n) is 10.7. The van der Waals surface area contributed by atoms with Crippen molar-refractivity contribution in [1.82, 2.24) is 15.1 Å². The number of carbonyl (C=O) groups excluding carboxylic acids is 1. The molecule has 2 atom stereocenters. The Kier molecular flexibility index (Phi) is 7.23. The lowest BCUT2D eigenvalue weighted by Crippen LogP contribution is -2.41. The van der Waals surface area contributed by atoms with Gasteiger partial charge in [-0.05, 0) is 35.9 Å². The Morgan fingerprint density at radius 3 is 2.78 bits per heavy atom. The summed E-state index contributed by atoms with van der Waals surface area (Å²) in [7, 11) is 0. The minimum atomic E-state index is -4.99. The molecule has 2 heterocycles. The molecule has 1 aliphatic heterocycles. The molecule has 0 bridgehead atoms. The van der Waals surface area contributed by atoms with Crippen LogP contribution < -0.4 is 14.8 Å². The number of halogens is 5. The summed E-state index contributed by atoms with van der Waals surface area (Å²) >= 11 is 5.94. The zero-order valence-electron chi connectivity index (χ0n) is 18.6. The van der Waals surface area contributed by atoms with Gasteiger partial charge in [-0.2, -0.15) is 5.10 Å². The van der Waals surface area contributed by atoms with Crippen LogP contribution in [0.1, 0.15) is 24.5 Å². The number of alkyl halides is 3. The first-order valence-corrected chi connectivity index (χ1v) is 11.1. The first kappa shape index (κ1) is 25.5. The number of nitrogens with one attached hydrogen (secondary N) is 1. The quantitative estimate of drug-likeness (QED) is 0.417. The largest absolute Gasteiger partial charge is 0.573 e. The van der Waals surface area contributed by atoms with Crippen LogP contribution in [0, 0.1) is 5.82 Å². The van der Waals surface area contributed by atoms with E-state index in [1.165, 1.54) is 16.9 Å². The lowest BCUT2D eigenvalue weighted by molar-refractivity contribution is -0.275. The highest BCUT2D eigenvalue weighted by molar-refractivity contribution is 6.30. The van der Waals surface area contributed by atoms with Crippen molar-refractivity contribution in [2.45, 2.75) is 38.0 Å². The number of allylic oxidation sites excluding steroid dienone is 1. The minimum absolute atomic E-state index is 0.0539. The van der Waals surface area contributed by atoms with Crippen LogP contribution in [-0.4, -0.2) is 33.3 Å². The summed E-state index contributed by atoms with van der Waals surface area (Å²) in [4.78, 5) is 12.6. The van der Waals surface area contributed by atoms with Gasteiger partial charge in [0.2, 0.25) is 0 Å². The van der Waals surface area contributed by atoms with Gasteiger partial charge in [0, 0.05) is 47.4 Å². The number of hydrogen-bond acceptors (Lipinski definition) is 5. The van der Waals surface area contributed by atoms with Gasteiger partial charge in [0.25, 0.3) is 5.91 Å². The van der Waals surface area contributed by atoms with Crippen LogP contribution in [0.15, 0.2) is 61.1 Å². The van der Waals surface area contributed by atoms with E-state index in [4.69, 9.17) is 16.3 Å². The second-order valence-corrected chi connectivity index (χ2v) is 8.50. The number of fused-ring (bicyclic) bond motifs is 1. The van der Waals surface area contributed by atoms with Crippen LogP contribution in [0.25, 0.3) is 11.1 Å². The van der Waals surface area contributed by atoms with Gasteiger partial charge in [-0.15, -0.1) is 13.2 Å². The van der Waals surface area contributed by atoms with Gasteiger partial charge in [0.15, 0.2) is 17.7 Å². The number of benzene rings is 2. The van der Waals surface area contributed by atoms with E-state index in [1.807, 2.05) is 0 Å². The maximum Gasteiger partial charge on any atom is 0.573 e. The number of aliphatic hydroxyl groups excluding tert-OH is 1. The van der Waals surface area contributed by atoms with Crippen LogP contribution in [0.2, 0.25) is 5.02 Å². The number of aromatic nitrogens is 2. The summed E-state index contributed by atoms with van der Waals surface area (Å²) in [6, 6.07) is 7.88. The van der Waals surface area contributed by atoms with Crippen molar-refractivity contribution >= 4 is 17.5 Å². The second-order valence-electron chi connectivity index (χ2n) is 8.07. The zero-order valence-corrected chi connectivity index (χ0v) is 19.3. The molecule has 0 fully saturated rings. The molecule has 0 saturated carbocycles. The predicted molar refractivity (Wildman–Crippen MR) is 122 cm³/mol. The molecule has 4 rings (SSSR count). The van der Waals surface area contributed by atoms with E-state index in [0.29, 0.717) is 46.1 Å². The summed E-state index contributed by atoms with van der Waals surface area (Å²) in [5.41, 5.74) is 1.69. The fraction of sp³-hybridized carbons (Fsp3) is 0.250. The molecule has 0 radical (unpaired) electrons. The Morgan fingerprint density at radius 1 is 1.28 bits per heavy atom. The molecular formula is C24H20ClF4N3O4. The highest BCUT2D eigenvalue weighted by Gasteiger charge is 2.33. The van der Waals surface area contributed by atoms with Gasteiger partial charge >= 0.3 is 6.36 Å². The van der Waals surface area contributed by atoms with Crippen LogP contribution in [-0.2, 0) is 11.3 Å². The number of amides is 1. The Morgan fingerprint density at radius 2 is 2.06 bits per heavy atom. The predicted octanol–water partition coefficient (Wildman–Crippen LogP) is 5.15. The van der Waals surface area contributed by atoms with Gasteiger partial charge in [0.1, 0.15) is 5.75 Å². The van der Waals surface area contributed by atoms with Crippen LogP contribution in [0.4, 0.5) is 17.6 Å². The summed E-state index contributed by atoms with van der Waals surface area (Å²) in [6.45, 7) is 4.14. The van der Waals surface area contributed by atoms with E-state index >= 15 is 0 Å². The van der Waals surface area contributed by atoms with Crippen LogP contribution in [0.3, 0.4) is 0 Å². The molecule has 0 aliphatic carbocycles. The van der Waals surface area contributed by atoms with Crippen molar-refractivity contribution in [3.63, 3.8) is 0 Å². The Hall–Kier alpha value is -3.57. The topological polar surface area (TPSA) is 85.6 Å². The maximum absolute atomic E-state index is 14.0. The normalized spacial score (nSPS) is 17.2. The van der Waals surface area contributed by atoms with Crippen molar-refractivity contribution in [1.29, 1.82) is 0 Å². The van der Waals surface area contributed by atoms with E-state index in [9.17, 15) is 27.5 Å². The second kappa shape index (κ2) is 10.2. The highest BCUT2D eigenvalue weighted by Crippen LogP contribution is 2.36. The van der Waals surface area contributed by atoms with Gasteiger partial charge in [-0.3, -0.25) is 9.48 Å². The zero-order chi connectivity index (χ0) is 26.0. The van der Waals surface area contributed by atoms with Gasteiger partial charge < -0.3 is 19.9 Å². The third kappa shape index (κ3) is 6.16. The van der Waals surface area contributed by atoms with Crippen molar-refractivity contribution < 1.29 is 36.9 Å². The standard InChI is InChI=1S/C24H20ClF4N3O4/c1-13(31-23(34)22-10-19(33)17-9-16(25)3-5-20(17)35-22)6-7-32-12-15(11-30-32)14-2-4-21(18(26)8-14)36-24(27,28)29/h2-5,8-9,11-12,19,22,33H,1,6-7,10H2,(H,31,34)/t19-,22+/m1/s1. The third-order valence-corrected chi connectivity index (χ3v) is 5.63. The summed E-state index contributed by atoms with van der Waals surface area (Å²) in [5.74, 6) is -2.17. The minimum Gasteiger partial charge on any atom is -0.480 e. The molecule has 0 saturated heterocycles. The molecule has 7 nitrogen and oxygen atoms in total. The van der Waals surface area contributed by atoms with Crippen molar-refractivity contribution in [2.75, 3.05) is 0 Å². The molecular weight excluding hydrogens is 506 g/mol. The van der Waals surface area contributed by atoms with Crippen LogP contribution >= 0.6 is 11.6 Å². The molecule has 3 aromatic rings. The van der Waals surface area contributed by atoms with E-state index in [-0.39, 0.29) is 6.42 Å². The molecule has 1 amide bonds. The Bertz CT molecular complexity index is 1290. The molecule has 0 spiro atoms. The molecule has 190 valence electrons. The van der Waals surface area contributed by atoms with Crippen molar-refractivity contribution in [2.24, 2.45) is 0 Å². The van der Waals surface area contributed by atoms with Gasteiger partial charge in [-0.1, -0.05) is 24.2 Å². The van der Waals surface area contributed by atoms with E-state index in [2.05, 4.69) is 21.7 Å². The number of aliphatic hydroxyl groups is 1. The fourth-order valence-electron chi connectivity index (χ4n) is 3.67. The summed E-state index contributed by atoms with van der Waals surface area (Å²) in [6.07, 6.45) is -3.44. The summed E-state index contributed by atoms with van der Waals surface area (Å²) in [5, 5.41) is 17.6. The van der Waals surface area contributed by atoms with Crippen molar-refractivity contribution in [3.8, 4) is 22.6 Å². The highest BCUT2D eigenvalue weighted by atomic mass is 35.5. The molecule has 1 aromatic heterocycles. The Labute approximate surface area is 207 Å². The molecule has 2 aromatic carbocycles. The number of hydrogen-bond donors (Lipinski definition) is 2. The van der Waals surface area contributed by atoms with Gasteiger partial charge in [0.05, 0.1) is 12.3 Å². The van der Waals surface area contributed by atoms with Gasteiger partial charge in [-0.25, -0.2) is 4.39 Å². The smallest absolute Gasteiger partial charge is 0.480 e. The number of aryl methyl sites for hydroxylation is 1. The van der Waals surface area contributed by atoms with E-state index in [0.717, 1.165) is 12.1 Å².